The van der Waals surface area contributed by atoms with E-state index in [1.807, 2.05) is 25.1 Å². The number of quaternary nitrogens is 1. The summed E-state index contributed by atoms with van der Waals surface area (Å²) in [5.74, 6) is -0.155. The predicted molar refractivity (Wildman–Crippen MR) is 106 cm³/mol. The lowest BCUT2D eigenvalue weighted by molar-refractivity contribution is -0.909. The van der Waals surface area contributed by atoms with E-state index in [0.717, 1.165) is 19.5 Å². The number of nitrogens with zero attached hydrogens (tertiary/aromatic N) is 1. The van der Waals surface area contributed by atoms with E-state index in [-0.39, 0.29) is 22.7 Å². The number of rotatable bonds is 5. The van der Waals surface area contributed by atoms with Crippen LogP contribution in [0, 0.1) is 10.1 Å². The third-order valence-electron chi connectivity index (χ3n) is 4.90. The van der Waals surface area contributed by atoms with Crippen molar-refractivity contribution in [1.82, 2.24) is 0 Å². The van der Waals surface area contributed by atoms with Gasteiger partial charge in [-0.05, 0) is 30.2 Å². The third-order valence-corrected chi connectivity index (χ3v) is 5.21. The Morgan fingerprint density at radius 2 is 2.00 bits per heavy atom. The molecule has 1 amide bonds. The molecular formula is C20H21ClN3O3+. The van der Waals surface area contributed by atoms with Crippen molar-refractivity contribution in [3.63, 3.8) is 0 Å². The Kier molecular flexibility index (Phi) is 5.88. The molecule has 1 unspecified atom stereocenters. The molecule has 27 heavy (non-hydrogen) atoms. The smallest absolute Gasteiger partial charge is 0.282 e. The number of nitrogens with one attached hydrogen (secondary N) is 2. The number of carbonyl (C=O) groups excluding carboxylic acids is 1. The number of nitro benzene ring substituents is 1. The van der Waals surface area contributed by atoms with Crippen molar-refractivity contribution in [2.45, 2.75) is 19.4 Å². The highest BCUT2D eigenvalue weighted by molar-refractivity contribution is 6.34. The monoisotopic (exact) mass is 386 g/mol. The second-order valence-electron chi connectivity index (χ2n) is 6.59. The summed E-state index contributed by atoms with van der Waals surface area (Å²) in [5.41, 5.74) is 2.82. The average Bonchev–Trinajstić information content (AvgIpc) is 2.69. The van der Waals surface area contributed by atoms with E-state index >= 15 is 0 Å². The van der Waals surface area contributed by atoms with Crippen LogP contribution < -0.4 is 10.2 Å². The summed E-state index contributed by atoms with van der Waals surface area (Å²) in [4.78, 5) is 24.0. The first-order chi connectivity index (χ1) is 13.0. The van der Waals surface area contributed by atoms with Gasteiger partial charge in [0.2, 0.25) is 0 Å². The Labute approximate surface area is 162 Å². The zero-order valence-corrected chi connectivity index (χ0v) is 15.7. The molecule has 3 rings (SSSR count). The molecule has 140 valence electrons. The molecule has 1 aliphatic heterocycles. The summed E-state index contributed by atoms with van der Waals surface area (Å²) in [5, 5.41) is 13.7. The SMILES string of the molecule is C[C@H](C(=O)Nc1ccc([N+](=O)[O-])cc1Cl)[NH+]1CC=C(c2ccccc2)CC1. The van der Waals surface area contributed by atoms with Crippen LogP contribution in [0.2, 0.25) is 5.02 Å². The number of nitro groups is 1. The van der Waals surface area contributed by atoms with Crippen molar-refractivity contribution < 1.29 is 14.6 Å². The van der Waals surface area contributed by atoms with E-state index in [1.54, 1.807) is 0 Å². The van der Waals surface area contributed by atoms with E-state index in [1.165, 1.54) is 34.2 Å². The number of hydrogen-bond acceptors (Lipinski definition) is 3. The molecule has 0 aliphatic carbocycles. The lowest BCUT2D eigenvalue weighted by Crippen LogP contribution is -3.17. The third kappa shape index (κ3) is 4.53. The Balaban J connectivity index is 1.63. The summed E-state index contributed by atoms with van der Waals surface area (Å²) < 4.78 is 0. The zero-order chi connectivity index (χ0) is 19.4. The van der Waals surface area contributed by atoms with Crippen molar-refractivity contribution in [3.05, 3.63) is 75.3 Å². The van der Waals surface area contributed by atoms with Crippen molar-refractivity contribution in [2.75, 3.05) is 18.4 Å². The standard InChI is InChI=1S/C20H20ClN3O3/c1-14(20(25)22-19-8-7-17(24(26)27)13-18(19)21)23-11-9-16(10-12-23)15-5-3-2-4-6-15/h2-9,13-14H,10-12H2,1H3,(H,22,25)/p+1/t14-/m1/s1. The highest BCUT2D eigenvalue weighted by atomic mass is 35.5. The highest BCUT2D eigenvalue weighted by Crippen LogP contribution is 2.26. The fourth-order valence-corrected chi connectivity index (χ4v) is 3.43. The number of hydrogen-bond donors (Lipinski definition) is 2. The van der Waals surface area contributed by atoms with Gasteiger partial charge in [0.05, 0.1) is 28.7 Å². The molecule has 0 fully saturated rings. The van der Waals surface area contributed by atoms with Crippen LogP contribution in [0.4, 0.5) is 11.4 Å². The quantitative estimate of drug-likeness (QED) is 0.612. The fourth-order valence-electron chi connectivity index (χ4n) is 3.21. The van der Waals surface area contributed by atoms with E-state index in [4.69, 9.17) is 11.6 Å². The number of benzene rings is 2. The first kappa shape index (κ1) is 19.1. The normalized spacial score (nSPS) is 17.7. The van der Waals surface area contributed by atoms with Crippen LogP contribution in [0.1, 0.15) is 18.9 Å². The Morgan fingerprint density at radius 1 is 1.26 bits per heavy atom. The molecule has 0 spiro atoms. The molecule has 0 saturated heterocycles. The maximum atomic E-state index is 12.6. The van der Waals surface area contributed by atoms with Gasteiger partial charge in [0, 0.05) is 18.6 Å². The molecule has 0 bridgehead atoms. The van der Waals surface area contributed by atoms with Gasteiger partial charge in [0.1, 0.15) is 0 Å². The molecular weight excluding hydrogens is 366 g/mol. The van der Waals surface area contributed by atoms with Gasteiger partial charge in [-0.1, -0.05) is 41.9 Å². The first-order valence-electron chi connectivity index (χ1n) is 8.79. The second kappa shape index (κ2) is 8.33. The van der Waals surface area contributed by atoms with Crippen molar-refractivity contribution in [1.29, 1.82) is 0 Å². The lowest BCUT2D eigenvalue weighted by atomic mass is 9.99. The summed E-state index contributed by atoms with van der Waals surface area (Å²) in [6.07, 6.45) is 3.10. The van der Waals surface area contributed by atoms with Crippen molar-refractivity contribution in [2.24, 2.45) is 0 Å². The summed E-state index contributed by atoms with van der Waals surface area (Å²) in [6.45, 7) is 3.52. The van der Waals surface area contributed by atoms with Crippen LogP contribution in [0.3, 0.4) is 0 Å². The number of carbonyl (C=O) groups is 1. The molecule has 2 aromatic rings. The fraction of sp³-hybridized carbons (Fsp3) is 0.250. The van der Waals surface area contributed by atoms with Crippen LogP contribution in [-0.4, -0.2) is 30.0 Å². The number of halogens is 1. The molecule has 0 saturated carbocycles. The Bertz CT molecular complexity index is 883. The van der Waals surface area contributed by atoms with Crippen molar-refractivity contribution >= 4 is 34.5 Å². The number of amides is 1. The predicted octanol–water partition coefficient (Wildman–Crippen LogP) is 2.95. The van der Waals surface area contributed by atoms with E-state index in [9.17, 15) is 14.9 Å². The Morgan fingerprint density at radius 3 is 2.59 bits per heavy atom. The summed E-state index contributed by atoms with van der Waals surface area (Å²) in [7, 11) is 0. The maximum Gasteiger partial charge on any atom is 0.282 e. The average molecular weight is 387 g/mol. The molecule has 6 nitrogen and oxygen atoms in total. The van der Waals surface area contributed by atoms with Gasteiger partial charge >= 0.3 is 0 Å². The molecule has 1 aliphatic rings. The lowest BCUT2D eigenvalue weighted by Gasteiger charge is -2.28. The summed E-state index contributed by atoms with van der Waals surface area (Å²) >= 11 is 6.06. The van der Waals surface area contributed by atoms with Gasteiger partial charge in [-0.15, -0.1) is 0 Å². The van der Waals surface area contributed by atoms with Crippen LogP contribution in [0.5, 0.6) is 0 Å². The van der Waals surface area contributed by atoms with Gasteiger partial charge < -0.3 is 10.2 Å². The minimum atomic E-state index is -0.519. The van der Waals surface area contributed by atoms with Gasteiger partial charge in [-0.25, -0.2) is 0 Å². The molecule has 0 aromatic heterocycles. The zero-order valence-electron chi connectivity index (χ0n) is 14.9. The van der Waals surface area contributed by atoms with Gasteiger partial charge in [0.15, 0.2) is 6.04 Å². The number of non-ortho nitro benzene ring substituents is 1. The number of anilines is 1. The topological polar surface area (TPSA) is 76.7 Å². The first-order valence-corrected chi connectivity index (χ1v) is 9.17. The van der Waals surface area contributed by atoms with Crippen LogP contribution in [0.25, 0.3) is 5.57 Å². The van der Waals surface area contributed by atoms with Gasteiger partial charge in [0.25, 0.3) is 11.6 Å². The van der Waals surface area contributed by atoms with Crippen LogP contribution in [-0.2, 0) is 4.79 Å². The maximum absolute atomic E-state index is 12.6. The largest absolute Gasteiger partial charge is 0.321 e. The molecule has 0 radical (unpaired) electrons. The van der Waals surface area contributed by atoms with E-state index < -0.39 is 4.92 Å². The molecule has 2 atom stereocenters. The van der Waals surface area contributed by atoms with Crippen LogP contribution >= 0.6 is 11.6 Å². The van der Waals surface area contributed by atoms with Gasteiger partial charge in [-0.3, -0.25) is 14.9 Å². The van der Waals surface area contributed by atoms with E-state index in [0.29, 0.717) is 5.69 Å². The minimum Gasteiger partial charge on any atom is -0.321 e. The van der Waals surface area contributed by atoms with Gasteiger partial charge in [-0.2, -0.15) is 0 Å². The highest BCUT2D eigenvalue weighted by Gasteiger charge is 2.27. The minimum absolute atomic E-state index is 0.105. The Hall–Kier alpha value is -2.70. The van der Waals surface area contributed by atoms with Crippen LogP contribution in [0.15, 0.2) is 54.6 Å². The van der Waals surface area contributed by atoms with Crippen molar-refractivity contribution in [3.8, 4) is 0 Å². The van der Waals surface area contributed by atoms with E-state index in [2.05, 4.69) is 23.5 Å². The molecule has 7 heteroatoms. The molecule has 1 heterocycles. The summed E-state index contributed by atoms with van der Waals surface area (Å²) in [6, 6.07) is 14.0. The second-order valence-corrected chi connectivity index (χ2v) is 7.00. The molecule has 2 N–H and O–H groups in total. The molecule has 2 aromatic carbocycles.